The third-order valence-corrected chi connectivity index (χ3v) is 3.34. The quantitative estimate of drug-likeness (QED) is 0.764. The summed E-state index contributed by atoms with van der Waals surface area (Å²) in [4.78, 5) is 22.7. The van der Waals surface area contributed by atoms with Crippen molar-refractivity contribution in [2.75, 3.05) is 18.6 Å². The number of hydrogen-bond donors (Lipinski definition) is 2. The molecule has 1 amide bonds. The van der Waals surface area contributed by atoms with E-state index in [0.29, 0.717) is 17.9 Å². The number of aryl methyl sites for hydroxylation is 1. The zero-order valence-electron chi connectivity index (χ0n) is 11.6. The number of rotatable bonds is 8. The minimum absolute atomic E-state index is 0.187. The number of aliphatic carboxylic acids is 1. The number of carbonyl (C=O) groups excluding carboxylic acids is 1. The summed E-state index contributed by atoms with van der Waals surface area (Å²) in [5.74, 6) is -0.153. The van der Waals surface area contributed by atoms with Crippen LogP contribution in [0.15, 0.2) is 24.3 Å². The van der Waals surface area contributed by atoms with Gasteiger partial charge in [0.2, 0.25) is 0 Å². The third kappa shape index (κ3) is 5.52. The fourth-order valence-corrected chi connectivity index (χ4v) is 2.06. The van der Waals surface area contributed by atoms with Crippen LogP contribution < -0.4 is 10.1 Å². The van der Waals surface area contributed by atoms with E-state index in [-0.39, 0.29) is 6.61 Å². The van der Waals surface area contributed by atoms with E-state index in [1.54, 1.807) is 17.8 Å². The molecule has 0 fully saturated rings. The van der Waals surface area contributed by atoms with Crippen LogP contribution in [0.4, 0.5) is 0 Å². The Balaban J connectivity index is 2.46. The summed E-state index contributed by atoms with van der Waals surface area (Å²) in [7, 11) is 0. The van der Waals surface area contributed by atoms with Crippen molar-refractivity contribution in [3.63, 3.8) is 0 Å². The zero-order chi connectivity index (χ0) is 15.0. The van der Waals surface area contributed by atoms with E-state index < -0.39 is 17.9 Å². The Morgan fingerprint density at radius 2 is 2.10 bits per heavy atom. The largest absolute Gasteiger partial charge is 0.484 e. The van der Waals surface area contributed by atoms with E-state index >= 15 is 0 Å². The molecule has 0 saturated heterocycles. The fraction of sp³-hybridized carbons (Fsp3) is 0.429. The van der Waals surface area contributed by atoms with Crippen molar-refractivity contribution in [1.82, 2.24) is 5.32 Å². The number of nitrogens with one attached hydrogen (secondary N) is 1. The molecule has 1 aromatic rings. The molecule has 0 unspecified atom stereocenters. The monoisotopic (exact) mass is 297 g/mol. The number of thioether (sulfide) groups is 1. The Bertz CT molecular complexity index is 464. The molecule has 0 spiro atoms. The van der Waals surface area contributed by atoms with Gasteiger partial charge >= 0.3 is 5.97 Å². The van der Waals surface area contributed by atoms with Gasteiger partial charge in [0.25, 0.3) is 5.91 Å². The van der Waals surface area contributed by atoms with Crippen LogP contribution in [-0.4, -0.2) is 41.6 Å². The third-order valence-electron chi connectivity index (χ3n) is 2.70. The highest BCUT2D eigenvalue weighted by Gasteiger charge is 2.19. The molecule has 1 rings (SSSR count). The average Bonchev–Trinajstić information content (AvgIpc) is 2.42. The van der Waals surface area contributed by atoms with Gasteiger partial charge in [-0.1, -0.05) is 18.2 Å². The number of carbonyl (C=O) groups is 2. The van der Waals surface area contributed by atoms with Gasteiger partial charge in [-0.15, -0.1) is 0 Å². The molecular weight excluding hydrogens is 278 g/mol. The maximum absolute atomic E-state index is 11.7. The van der Waals surface area contributed by atoms with Gasteiger partial charge in [0.05, 0.1) is 0 Å². The van der Waals surface area contributed by atoms with Gasteiger partial charge in [-0.3, -0.25) is 4.79 Å². The minimum Gasteiger partial charge on any atom is -0.484 e. The van der Waals surface area contributed by atoms with Crippen LogP contribution in [0.3, 0.4) is 0 Å². The summed E-state index contributed by atoms with van der Waals surface area (Å²) >= 11 is 1.54. The molecule has 0 radical (unpaired) electrons. The summed E-state index contributed by atoms with van der Waals surface area (Å²) in [5, 5.41) is 11.5. The first-order valence-electron chi connectivity index (χ1n) is 6.24. The van der Waals surface area contributed by atoms with Crippen LogP contribution >= 0.6 is 11.8 Å². The van der Waals surface area contributed by atoms with E-state index in [2.05, 4.69) is 5.32 Å². The topological polar surface area (TPSA) is 75.6 Å². The molecule has 0 aliphatic carbocycles. The van der Waals surface area contributed by atoms with E-state index in [1.165, 1.54) is 0 Å². The van der Waals surface area contributed by atoms with Crippen LogP contribution in [0.5, 0.6) is 5.75 Å². The molecule has 2 N–H and O–H groups in total. The van der Waals surface area contributed by atoms with Crippen LogP contribution in [0.1, 0.15) is 12.0 Å². The Morgan fingerprint density at radius 1 is 1.40 bits per heavy atom. The summed E-state index contributed by atoms with van der Waals surface area (Å²) in [6.07, 6.45) is 2.29. The molecule has 1 aromatic carbocycles. The lowest BCUT2D eigenvalue weighted by Gasteiger charge is -2.14. The van der Waals surface area contributed by atoms with Crippen molar-refractivity contribution in [3.05, 3.63) is 29.8 Å². The van der Waals surface area contributed by atoms with Gasteiger partial charge in [-0.2, -0.15) is 11.8 Å². The van der Waals surface area contributed by atoms with Crippen molar-refractivity contribution in [1.29, 1.82) is 0 Å². The summed E-state index contributed by atoms with van der Waals surface area (Å²) in [5.41, 5.74) is 0.928. The standard InChI is InChI=1S/C14H19NO4S/c1-10-5-3-4-6-12(10)19-9-13(16)15-11(14(17)18)7-8-20-2/h3-6,11H,7-9H2,1-2H3,(H,15,16)(H,17,18)/t11-/m1/s1. The molecule has 0 heterocycles. The molecular formula is C14H19NO4S. The van der Waals surface area contributed by atoms with Crippen molar-refractivity contribution in [2.45, 2.75) is 19.4 Å². The molecule has 0 aromatic heterocycles. The highest BCUT2D eigenvalue weighted by atomic mass is 32.2. The molecule has 110 valence electrons. The molecule has 20 heavy (non-hydrogen) atoms. The molecule has 0 bridgehead atoms. The molecule has 6 heteroatoms. The smallest absolute Gasteiger partial charge is 0.326 e. The number of hydrogen-bond acceptors (Lipinski definition) is 4. The lowest BCUT2D eigenvalue weighted by atomic mass is 10.2. The number of benzene rings is 1. The normalized spacial score (nSPS) is 11.7. The van der Waals surface area contributed by atoms with E-state index in [9.17, 15) is 9.59 Å². The molecule has 0 aliphatic heterocycles. The highest BCUT2D eigenvalue weighted by Crippen LogP contribution is 2.15. The summed E-state index contributed by atoms with van der Waals surface area (Å²) in [6.45, 7) is 1.69. The number of carboxylic acids is 1. The lowest BCUT2D eigenvalue weighted by molar-refractivity contribution is -0.142. The minimum atomic E-state index is -1.02. The summed E-state index contributed by atoms with van der Waals surface area (Å²) < 4.78 is 5.37. The van der Waals surface area contributed by atoms with Crippen LogP contribution in [0.25, 0.3) is 0 Å². The first-order chi connectivity index (χ1) is 9.54. The van der Waals surface area contributed by atoms with Gasteiger partial charge < -0.3 is 15.2 Å². The van der Waals surface area contributed by atoms with Gasteiger partial charge in [-0.25, -0.2) is 4.79 Å². The molecule has 0 saturated carbocycles. The van der Waals surface area contributed by atoms with Gasteiger partial charge in [0, 0.05) is 0 Å². The Hall–Kier alpha value is -1.69. The van der Waals surface area contributed by atoms with E-state index in [4.69, 9.17) is 9.84 Å². The highest BCUT2D eigenvalue weighted by molar-refractivity contribution is 7.98. The predicted octanol–water partition coefficient (Wildman–Crippen LogP) is 1.70. The SMILES string of the molecule is CSCC[C@@H](NC(=O)COc1ccccc1C)C(=O)O. The van der Waals surface area contributed by atoms with Crippen molar-refractivity contribution >= 4 is 23.6 Å². The van der Waals surface area contributed by atoms with Crippen LogP contribution in [0.2, 0.25) is 0 Å². The van der Waals surface area contributed by atoms with Gasteiger partial charge in [0.1, 0.15) is 11.8 Å². The maximum Gasteiger partial charge on any atom is 0.326 e. The van der Waals surface area contributed by atoms with Crippen LogP contribution in [0, 0.1) is 6.92 Å². The Labute approximate surface area is 122 Å². The number of amides is 1. The molecule has 5 nitrogen and oxygen atoms in total. The lowest BCUT2D eigenvalue weighted by Crippen LogP contribution is -2.43. The van der Waals surface area contributed by atoms with Crippen molar-refractivity contribution in [3.8, 4) is 5.75 Å². The van der Waals surface area contributed by atoms with Crippen molar-refractivity contribution < 1.29 is 19.4 Å². The Morgan fingerprint density at radius 3 is 2.70 bits per heavy atom. The zero-order valence-corrected chi connectivity index (χ0v) is 12.4. The second-order valence-corrected chi connectivity index (χ2v) is 5.28. The number of para-hydroxylation sites is 1. The maximum atomic E-state index is 11.7. The van der Waals surface area contributed by atoms with Gasteiger partial charge in [-0.05, 0) is 37.0 Å². The van der Waals surface area contributed by atoms with E-state index in [0.717, 1.165) is 5.56 Å². The second kappa shape index (κ2) is 8.47. The Kier molecular flexibility index (Phi) is 6.93. The number of carboxylic acid groups (broad SMARTS) is 1. The summed E-state index contributed by atoms with van der Waals surface area (Å²) in [6, 6.07) is 6.48. The average molecular weight is 297 g/mol. The molecule has 1 atom stereocenters. The van der Waals surface area contributed by atoms with E-state index in [1.807, 2.05) is 31.4 Å². The predicted molar refractivity (Wildman–Crippen MR) is 79.2 cm³/mol. The van der Waals surface area contributed by atoms with Crippen molar-refractivity contribution in [2.24, 2.45) is 0 Å². The first kappa shape index (κ1) is 16.4. The fourth-order valence-electron chi connectivity index (χ4n) is 1.59. The number of ether oxygens (including phenoxy) is 1. The van der Waals surface area contributed by atoms with Gasteiger partial charge in [0.15, 0.2) is 6.61 Å². The molecule has 0 aliphatic rings. The first-order valence-corrected chi connectivity index (χ1v) is 7.63. The van der Waals surface area contributed by atoms with Crippen LogP contribution in [-0.2, 0) is 9.59 Å². The second-order valence-electron chi connectivity index (χ2n) is 4.29.